The smallest absolute Gasteiger partial charge is 0.0708 e. The predicted octanol–water partition coefficient (Wildman–Crippen LogP) is 3.82. The van der Waals surface area contributed by atoms with Gasteiger partial charge in [0.15, 0.2) is 0 Å². The molecule has 0 radical (unpaired) electrons. The van der Waals surface area contributed by atoms with Crippen LogP contribution in [0.5, 0.6) is 0 Å². The van der Waals surface area contributed by atoms with Gasteiger partial charge in [-0.15, -0.1) is 0 Å². The normalized spacial score (nSPS) is 12.0. The minimum atomic E-state index is 0.179. The highest BCUT2D eigenvalue weighted by Gasteiger charge is 2.14. The number of benzene rings is 1. The molecule has 0 saturated heterocycles. The lowest BCUT2D eigenvalue weighted by atomic mass is 10.0. The van der Waals surface area contributed by atoms with Crippen molar-refractivity contribution in [3.63, 3.8) is 0 Å². The van der Waals surface area contributed by atoms with Crippen molar-refractivity contribution in [1.82, 2.24) is 10.3 Å². The number of pyridine rings is 1. The molecule has 1 aromatic heterocycles. The molecule has 2 rings (SSSR count). The summed E-state index contributed by atoms with van der Waals surface area (Å²) in [4.78, 5) is 4.57. The van der Waals surface area contributed by atoms with Gasteiger partial charge in [-0.25, -0.2) is 0 Å². The van der Waals surface area contributed by atoms with Gasteiger partial charge < -0.3 is 5.32 Å². The zero-order valence-corrected chi connectivity index (χ0v) is 11.7. The Morgan fingerprint density at radius 2 is 1.94 bits per heavy atom. The van der Waals surface area contributed by atoms with Gasteiger partial charge >= 0.3 is 0 Å². The summed E-state index contributed by atoms with van der Waals surface area (Å²) in [7, 11) is 0. The summed E-state index contributed by atoms with van der Waals surface area (Å²) in [6.07, 6.45) is 1.12. The van der Waals surface area contributed by atoms with E-state index in [1.165, 1.54) is 10.9 Å². The number of fused-ring (bicyclic) bond motifs is 1. The first kappa shape index (κ1) is 13.0. The van der Waals surface area contributed by atoms with E-state index in [4.69, 9.17) is 0 Å². The summed E-state index contributed by atoms with van der Waals surface area (Å²) in [6.45, 7) is 9.64. The highest BCUT2D eigenvalue weighted by Crippen LogP contribution is 2.19. The quantitative estimate of drug-likeness (QED) is 0.881. The van der Waals surface area contributed by atoms with Gasteiger partial charge in [-0.05, 0) is 44.9 Å². The van der Waals surface area contributed by atoms with Crippen molar-refractivity contribution in [3.05, 3.63) is 41.6 Å². The molecule has 1 heterocycles. The van der Waals surface area contributed by atoms with Gasteiger partial charge in [-0.1, -0.05) is 25.1 Å². The second-order valence-corrected chi connectivity index (χ2v) is 5.53. The molecule has 0 saturated carbocycles. The second kappa shape index (κ2) is 5.07. The van der Waals surface area contributed by atoms with Gasteiger partial charge in [-0.2, -0.15) is 0 Å². The average molecular weight is 242 g/mol. The fraction of sp³-hybridized carbons (Fsp3) is 0.438. The molecule has 0 amide bonds. The van der Waals surface area contributed by atoms with E-state index in [1.807, 2.05) is 6.07 Å². The average Bonchev–Trinajstić information content (AvgIpc) is 2.36. The van der Waals surface area contributed by atoms with Crippen LogP contribution in [0.2, 0.25) is 0 Å². The summed E-state index contributed by atoms with van der Waals surface area (Å²) in [5.74, 6) is 0. The van der Waals surface area contributed by atoms with Crippen molar-refractivity contribution in [1.29, 1.82) is 0 Å². The summed E-state index contributed by atoms with van der Waals surface area (Å²) in [5.41, 5.74) is 3.68. The van der Waals surface area contributed by atoms with Gasteiger partial charge in [0.1, 0.15) is 0 Å². The van der Waals surface area contributed by atoms with Crippen LogP contribution in [0, 0.1) is 6.92 Å². The second-order valence-electron chi connectivity index (χ2n) is 5.53. The summed E-state index contributed by atoms with van der Waals surface area (Å²) >= 11 is 0. The van der Waals surface area contributed by atoms with E-state index in [0.29, 0.717) is 0 Å². The Labute approximate surface area is 109 Å². The predicted molar refractivity (Wildman–Crippen MR) is 77.7 cm³/mol. The van der Waals surface area contributed by atoms with Crippen molar-refractivity contribution >= 4 is 10.9 Å². The number of para-hydroxylation sites is 1. The number of hydrogen-bond acceptors (Lipinski definition) is 2. The Morgan fingerprint density at radius 3 is 2.67 bits per heavy atom. The van der Waals surface area contributed by atoms with E-state index in [2.05, 4.69) is 62.3 Å². The van der Waals surface area contributed by atoms with Crippen LogP contribution in [-0.4, -0.2) is 10.5 Å². The first-order valence-corrected chi connectivity index (χ1v) is 6.62. The molecular formula is C16H22N2. The molecule has 18 heavy (non-hydrogen) atoms. The lowest BCUT2D eigenvalue weighted by Crippen LogP contribution is -2.37. The van der Waals surface area contributed by atoms with Gasteiger partial charge in [0.2, 0.25) is 0 Å². The van der Waals surface area contributed by atoms with Crippen LogP contribution >= 0.6 is 0 Å². The molecule has 0 aliphatic carbocycles. The molecule has 2 aromatic rings. The Morgan fingerprint density at radius 1 is 1.22 bits per heavy atom. The molecule has 0 unspecified atom stereocenters. The molecule has 0 aliphatic heterocycles. The topological polar surface area (TPSA) is 24.9 Å². The third kappa shape index (κ3) is 2.88. The summed E-state index contributed by atoms with van der Waals surface area (Å²) in [5, 5.41) is 4.87. The van der Waals surface area contributed by atoms with Crippen LogP contribution in [-0.2, 0) is 6.54 Å². The van der Waals surface area contributed by atoms with Crippen molar-refractivity contribution in [3.8, 4) is 0 Å². The highest BCUT2D eigenvalue weighted by molar-refractivity contribution is 5.82. The van der Waals surface area contributed by atoms with E-state index >= 15 is 0 Å². The van der Waals surface area contributed by atoms with Gasteiger partial charge in [0, 0.05) is 23.2 Å². The van der Waals surface area contributed by atoms with Crippen LogP contribution in [0.3, 0.4) is 0 Å². The van der Waals surface area contributed by atoms with E-state index in [0.717, 1.165) is 24.2 Å². The lowest BCUT2D eigenvalue weighted by molar-refractivity contribution is 0.375. The van der Waals surface area contributed by atoms with Crippen molar-refractivity contribution in [2.75, 3.05) is 0 Å². The molecule has 96 valence electrons. The zero-order chi connectivity index (χ0) is 13.2. The molecule has 0 spiro atoms. The summed E-state index contributed by atoms with van der Waals surface area (Å²) in [6, 6.07) is 10.5. The number of rotatable bonds is 4. The number of nitrogens with one attached hydrogen (secondary N) is 1. The lowest BCUT2D eigenvalue weighted by Gasteiger charge is -2.25. The largest absolute Gasteiger partial charge is 0.308 e. The van der Waals surface area contributed by atoms with Gasteiger partial charge in [-0.3, -0.25) is 4.98 Å². The van der Waals surface area contributed by atoms with Crippen LogP contribution in [0.15, 0.2) is 30.3 Å². The molecular weight excluding hydrogens is 220 g/mol. The number of aryl methyl sites for hydroxylation is 1. The number of hydrogen-bond donors (Lipinski definition) is 1. The van der Waals surface area contributed by atoms with Crippen LogP contribution in [0.1, 0.15) is 38.4 Å². The maximum Gasteiger partial charge on any atom is 0.0708 e. The van der Waals surface area contributed by atoms with E-state index in [1.54, 1.807) is 0 Å². The SMILES string of the molecule is CCC(C)(C)NCc1cc(C)nc2ccccc12. The summed E-state index contributed by atoms with van der Waals surface area (Å²) < 4.78 is 0. The molecule has 0 aliphatic rings. The van der Waals surface area contributed by atoms with Crippen molar-refractivity contribution in [2.45, 2.75) is 46.2 Å². The van der Waals surface area contributed by atoms with Gasteiger partial charge in [0.25, 0.3) is 0 Å². The molecule has 0 bridgehead atoms. The maximum atomic E-state index is 4.57. The molecule has 0 atom stereocenters. The minimum Gasteiger partial charge on any atom is -0.308 e. The van der Waals surface area contributed by atoms with E-state index < -0.39 is 0 Å². The zero-order valence-electron chi connectivity index (χ0n) is 11.7. The fourth-order valence-corrected chi connectivity index (χ4v) is 2.00. The Bertz CT molecular complexity index is 544. The Hall–Kier alpha value is -1.41. The van der Waals surface area contributed by atoms with Crippen LogP contribution in [0.25, 0.3) is 10.9 Å². The van der Waals surface area contributed by atoms with E-state index in [-0.39, 0.29) is 5.54 Å². The highest BCUT2D eigenvalue weighted by atomic mass is 14.9. The molecule has 1 aromatic carbocycles. The fourth-order valence-electron chi connectivity index (χ4n) is 2.00. The van der Waals surface area contributed by atoms with Crippen LogP contribution < -0.4 is 5.32 Å². The minimum absolute atomic E-state index is 0.179. The maximum absolute atomic E-state index is 4.57. The van der Waals surface area contributed by atoms with Crippen molar-refractivity contribution in [2.24, 2.45) is 0 Å². The third-order valence-electron chi connectivity index (χ3n) is 3.57. The first-order valence-electron chi connectivity index (χ1n) is 6.62. The molecule has 2 nitrogen and oxygen atoms in total. The number of nitrogens with zero attached hydrogens (tertiary/aromatic N) is 1. The number of aromatic nitrogens is 1. The van der Waals surface area contributed by atoms with E-state index in [9.17, 15) is 0 Å². The third-order valence-corrected chi connectivity index (χ3v) is 3.57. The van der Waals surface area contributed by atoms with Crippen LogP contribution in [0.4, 0.5) is 0 Å². The standard InChI is InChI=1S/C16H22N2/c1-5-16(3,4)17-11-13-10-12(2)18-15-9-7-6-8-14(13)15/h6-10,17H,5,11H2,1-4H3. The Kier molecular flexibility index (Phi) is 3.67. The Balaban J connectivity index is 2.33. The van der Waals surface area contributed by atoms with Gasteiger partial charge in [0.05, 0.1) is 5.52 Å². The first-order chi connectivity index (χ1) is 8.52. The molecule has 0 fully saturated rings. The molecule has 2 heteroatoms. The molecule has 1 N–H and O–H groups in total. The monoisotopic (exact) mass is 242 g/mol. The van der Waals surface area contributed by atoms with Crippen molar-refractivity contribution < 1.29 is 0 Å².